The maximum atomic E-state index is 13.4. The van der Waals surface area contributed by atoms with Gasteiger partial charge in [-0.05, 0) is 37.0 Å². The monoisotopic (exact) mass is 397 g/mol. The molecule has 0 aromatic heterocycles. The molecule has 1 unspecified atom stereocenters. The maximum Gasteiger partial charge on any atom is 0.354 e. The zero-order chi connectivity index (χ0) is 20.9. The Morgan fingerprint density at radius 1 is 1.07 bits per heavy atom. The maximum absolute atomic E-state index is 13.4. The fourth-order valence-corrected chi connectivity index (χ4v) is 4.17. The zero-order valence-corrected chi connectivity index (χ0v) is 15.8. The summed E-state index contributed by atoms with van der Waals surface area (Å²) in [7, 11) is 0. The van der Waals surface area contributed by atoms with Crippen LogP contribution in [0.1, 0.15) is 53.3 Å². The van der Waals surface area contributed by atoms with Gasteiger partial charge in [-0.3, -0.25) is 24.1 Å². The first-order valence-corrected chi connectivity index (χ1v) is 9.43. The molecule has 1 fully saturated rings. The summed E-state index contributed by atoms with van der Waals surface area (Å²) in [5.41, 5.74) is 0.665. The smallest absolute Gasteiger partial charge is 0.354 e. The first-order valence-electron chi connectivity index (χ1n) is 9.43. The van der Waals surface area contributed by atoms with Crippen molar-refractivity contribution in [3.05, 3.63) is 46.7 Å². The first-order chi connectivity index (χ1) is 13.9. The molecule has 3 aliphatic heterocycles. The minimum Gasteiger partial charge on any atom is -0.477 e. The summed E-state index contributed by atoms with van der Waals surface area (Å²) >= 11 is 0. The predicted molar refractivity (Wildman–Crippen MR) is 98.1 cm³/mol. The van der Waals surface area contributed by atoms with E-state index < -0.39 is 35.6 Å². The molecule has 4 rings (SSSR count). The highest BCUT2D eigenvalue weighted by Gasteiger charge is 2.49. The van der Waals surface area contributed by atoms with E-state index in [2.05, 4.69) is 0 Å². The van der Waals surface area contributed by atoms with Gasteiger partial charge in [0, 0.05) is 13.0 Å². The van der Waals surface area contributed by atoms with Gasteiger partial charge >= 0.3 is 5.97 Å². The van der Waals surface area contributed by atoms with Crippen molar-refractivity contribution >= 4 is 29.6 Å². The van der Waals surface area contributed by atoms with Gasteiger partial charge in [0.25, 0.3) is 17.7 Å². The molecule has 150 valence electrons. The van der Waals surface area contributed by atoms with E-state index >= 15 is 0 Å². The summed E-state index contributed by atoms with van der Waals surface area (Å²) in [5.74, 6) is -3.72. The molecule has 1 atom stereocenters. The van der Waals surface area contributed by atoms with Crippen molar-refractivity contribution in [3.8, 4) is 0 Å². The van der Waals surface area contributed by atoms with Gasteiger partial charge in [-0.25, -0.2) is 14.8 Å². The number of hydrazine groups is 1. The molecule has 3 heterocycles. The van der Waals surface area contributed by atoms with Crippen LogP contribution in [0, 0.1) is 0 Å². The quantitative estimate of drug-likeness (QED) is 0.766. The average Bonchev–Trinajstić information content (AvgIpc) is 2.90. The molecule has 1 aromatic carbocycles. The lowest BCUT2D eigenvalue weighted by atomic mass is 10.0. The molecule has 1 aromatic rings. The Kier molecular flexibility index (Phi) is 4.45. The van der Waals surface area contributed by atoms with Crippen molar-refractivity contribution in [2.24, 2.45) is 0 Å². The largest absolute Gasteiger partial charge is 0.477 e. The molecule has 0 aliphatic carbocycles. The number of carboxylic acids is 1. The van der Waals surface area contributed by atoms with Gasteiger partial charge < -0.3 is 5.11 Å². The number of imide groups is 1. The summed E-state index contributed by atoms with van der Waals surface area (Å²) in [5, 5.41) is 11.7. The number of carbonyl (C=O) groups excluding carboxylic acids is 4. The van der Waals surface area contributed by atoms with Crippen LogP contribution in [0.3, 0.4) is 0 Å². The van der Waals surface area contributed by atoms with E-state index in [1.165, 1.54) is 12.1 Å². The highest BCUT2D eigenvalue weighted by molar-refractivity contribution is 6.23. The molecule has 0 spiro atoms. The number of hydrogen-bond acceptors (Lipinski definition) is 5. The van der Waals surface area contributed by atoms with Crippen LogP contribution >= 0.6 is 0 Å². The van der Waals surface area contributed by atoms with Gasteiger partial charge in [-0.15, -0.1) is 0 Å². The number of carbonyl (C=O) groups is 5. The number of rotatable bonds is 3. The average molecular weight is 397 g/mol. The van der Waals surface area contributed by atoms with Crippen molar-refractivity contribution in [1.82, 2.24) is 14.9 Å². The van der Waals surface area contributed by atoms with Crippen molar-refractivity contribution in [2.75, 3.05) is 6.54 Å². The van der Waals surface area contributed by atoms with E-state index in [4.69, 9.17) is 0 Å². The van der Waals surface area contributed by atoms with Gasteiger partial charge in [0.05, 0.1) is 11.1 Å². The summed E-state index contributed by atoms with van der Waals surface area (Å²) < 4.78 is 0. The van der Waals surface area contributed by atoms with Crippen molar-refractivity contribution in [1.29, 1.82) is 0 Å². The van der Waals surface area contributed by atoms with Crippen LogP contribution in [0.4, 0.5) is 0 Å². The summed E-state index contributed by atoms with van der Waals surface area (Å²) in [6.45, 7) is 1.96. The van der Waals surface area contributed by atoms with Crippen LogP contribution in [0.25, 0.3) is 0 Å². The predicted octanol–water partition coefficient (Wildman–Crippen LogP) is 1.17. The van der Waals surface area contributed by atoms with Crippen molar-refractivity contribution in [2.45, 2.75) is 38.6 Å². The number of benzene rings is 1. The van der Waals surface area contributed by atoms with Crippen molar-refractivity contribution < 1.29 is 29.1 Å². The Balaban J connectivity index is 1.79. The molecule has 0 bridgehead atoms. The molecule has 4 amide bonds. The van der Waals surface area contributed by atoms with Crippen LogP contribution in [-0.2, 0) is 14.4 Å². The lowest BCUT2D eigenvalue weighted by Gasteiger charge is -2.39. The van der Waals surface area contributed by atoms with Gasteiger partial charge in [0.2, 0.25) is 5.91 Å². The number of amides is 4. The van der Waals surface area contributed by atoms with E-state index in [1.54, 1.807) is 19.1 Å². The highest BCUT2D eigenvalue weighted by Crippen LogP contribution is 2.33. The minimum absolute atomic E-state index is 0.0511. The third-order valence-electron chi connectivity index (χ3n) is 5.59. The first kappa shape index (κ1) is 18.9. The van der Waals surface area contributed by atoms with Gasteiger partial charge in [-0.2, -0.15) is 0 Å². The fourth-order valence-electron chi connectivity index (χ4n) is 4.17. The number of fused-ring (bicyclic) bond motifs is 2. The number of aliphatic carboxylic acids is 1. The van der Waals surface area contributed by atoms with Crippen LogP contribution in [0.5, 0.6) is 0 Å². The molecule has 9 nitrogen and oxygen atoms in total. The van der Waals surface area contributed by atoms with E-state index in [0.717, 1.165) is 14.9 Å². The number of carboxylic acid groups (broad SMARTS) is 1. The second-order valence-electron chi connectivity index (χ2n) is 7.11. The fraction of sp³-hybridized carbons (Fsp3) is 0.350. The van der Waals surface area contributed by atoms with Gasteiger partial charge in [0.15, 0.2) is 5.70 Å². The molecule has 0 radical (unpaired) electrons. The van der Waals surface area contributed by atoms with E-state index in [1.807, 2.05) is 0 Å². The molecule has 9 heteroatoms. The van der Waals surface area contributed by atoms with Crippen LogP contribution < -0.4 is 0 Å². The number of nitrogens with zero attached hydrogens (tertiary/aromatic N) is 3. The molecular weight excluding hydrogens is 378 g/mol. The summed E-state index contributed by atoms with van der Waals surface area (Å²) in [6.07, 6.45) is 0.635. The van der Waals surface area contributed by atoms with E-state index in [9.17, 15) is 29.1 Å². The second kappa shape index (κ2) is 6.84. The Morgan fingerprint density at radius 3 is 2.24 bits per heavy atom. The standard InChI is InChI=1S/C20H19N3O6/c1-2-11-9-10-21-15(24)8-7-14(19(27)23(21)16(11)20(28)29)22-17(25)12-5-3-4-6-13(12)18(22)26/h3-6,14H,2,7-10H2,1H3,(H,28,29). The van der Waals surface area contributed by atoms with Gasteiger partial charge in [0.1, 0.15) is 6.04 Å². The zero-order valence-electron chi connectivity index (χ0n) is 15.8. The molecule has 0 saturated carbocycles. The molecular formula is C20H19N3O6. The van der Waals surface area contributed by atoms with Crippen molar-refractivity contribution in [3.63, 3.8) is 0 Å². The molecule has 3 aliphatic rings. The Bertz CT molecular complexity index is 963. The molecule has 1 N–H and O–H groups in total. The van der Waals surface area contributed by atoms with Gasteiger partial charge in [-0.1, -0.05) is 19.1 Å². The Morgan fingerprint density at radius 2 is 1.69 bits per heavy atom. The second-order valence-corrected chi connectivity index (χ2v) is 7.11. The highest BCUT2D eigenvalue weighted by atomic mass is 16.4. The third kappa shape index (κ3) is 2.72. The van der Waals surface area contributed by atoms with E-state index in [-0.39, 0.29) is 36.2 Å². The van der Waals surface area contributed by atoms with E-state index in [0.29, 0.717) is 18.4 Å². The minimum atomic E-state index is -1.32. The third-order valence-corrected chi connectivity index (χ3v) is 5.59. The van der Waals surface area contributed by atoms with Crippen LogP contribution in [0.15, 0.2) is 35.5 Å². The lowest BCUT2D eigenvalue weighted by Crippen LogP contribution is -2.57. The molecule has 1 saturated heterocycles. The summed E-state index contributed by atoms with van der Waals surface area (Å²) in [4.78, 5) is 64.6. The lowest BCUT2D eigenvalue weighted by molar-refractivity contribution is -0.163. The normalized spacial score (nSPS) is 22.1. The SMILES string of the molecule is CCC1=C(C(=O)O)N2C(=O)C(N3C(=O)c4ccccc4C3=O)CCC(=O)N2CC1. The van der Waals surface area contributed by atoms with Crippen LogP contribution in [0.2, 0.25) is 0 Å². The Hall–Kier alpha value is -3.49. The van der Waals surface area contributed by atoms with Crippen LogP contribution in [-0.4, -0.2) is 62.2 Å². The summed E-state index contributed by atoms with van der Waals surface area (Å²) in [6, 6.07) is 5.01. The number of hydrogen-bond donors (Lipinski definition) is 1. The Labute approximate surface area is 166 Å². The topological polar surface area (TPSA) is 115 Å². The molecule has 29 heavy (non-hydrogen) atoms.